The van der Waals surface area contributed by atoms with Crippen LogP contribution in [0.15, 0.2) is 6.07 Å². The first-order chi connectivity index (χ1) is 8.99. The number of carboxylic acids is 1. The lowest BCUT2D eigenvalue weighted by Gasteiger charge is -2.07. The van der Waals surface area contributed by atoms with Gasteiger partial charge in [0.15, 0.2) is 5.69 Å². The van der Waals surface area contributed by atoms with Gasteiger partial charge in [-0.3, -0.25) is 0 Å². The van der Waals surface area contributed by atoms with Crippen molar-refractivity contribution >= 4 is 11.7 Å². The van der Waals surface area contributed by atoms with Crippen molar-refractivity contribution in [1.82, 2.24) is 14.4 Å². The summed E-state index contributed by atoms with van der Waals surface area (Å²) >= 11 is 0. The zero-order chi connectivity index (χ0) is 14.2. The maximum atomic E-state index is 11.4. The Labute approximate surface area is 109 Å². The monoisotopic (exact) mass is 265 g/mol. The first-order valence-electron chi connectivity index (χ1n) is 5.74. The molecule has 0 aliphatic carbocycles. The molecule has 2 heterocycles. The molecule has 0 aliphatic rings. The van der Waals surface area contributed by atoms with Crippen LogP contribution >= 0.6 is 0 Å². The fourth-order valence-corrected chi connectivity index (χ4v) is 1.87. The molecule has 0 atom stereocenters. The molecule has 7 heteroatoms. The molecule has 0 radical (unpaired) electrons. The van der Waals surface area contributed by atoms with Crippen molar-refractivity contribution in [3.8, 4) is 11.8 Å². The first-order valence-corrected chi connectivity index (χ1v) is 5.74. The Morgan fingerprint density at radius 1 is 1.32 bits per heavy atom. The molecule has 7 nitrogen and oxygen atoms in total. The van der Waals surface area contributed by atoms with Gasteiger partial charge < -0.3 is 14.6 Å². The highest BCUT2D eigenvalue weighted by Gasteiger charge is 2.24. The van der Waals surface area contributed by atoms with Crippen molar-refractivity contribution in [1.29, 1.82) is 0 Å². The molecule has 0 aromatic carbocycles. The van der Waals surface area contributed by atoms with Gasteiger partial charge in [0.1, 0.15) is 0 Å². The maximum Gasteiger partial charge on any atom is 0.355 e. The molecule has 19 heavy (non-hydrogen) atoms. The normalized spacial score (nSPS) is 11.0. The highest BCUT2D eigenvalue weighted by Crippen LogP contribution is 2.26. The Kier molecular flexibility index (Phi) is 3.28. The fraction of sp³-hybridized carbons (Fsp3) is 0.417. The van der Waals surface area contributed by atoms with Gasteiger partial charge in [-0.15, -0.1) is 0 Å². The number of fused-ring (bicyclic) bond motifs is 1. The Morgan fingerprint density at radius 3 is 2.47 bits per heavy atom. The van der Waals surface area contributed by atoms with E-state index in [9.17, 15) is 9.90 Å². The number of carboxylic acid groups (broad SMARTS) is 1. The smallest absolute Gasteiger partial charge is 0.355 e. The minimum absolute atomic E-state index is 0.0384. The third kappa shape index (κ3) is 2.07. The lowest BCUT2D eigenvalue weighted by atomic mass is 10.1. The first kappa shape index (κ1) is 13.1. The Morgan fingerprint density at radius 2 is 2.00 bits per heavy atom. The second-order valence-corrected chi connectivity index (χ2v) is 4.28. The van der Waals surface area contributed by atoms with Crippen molar-refractivity contribution in [3.05, 3.63) is 17.5 Å². The highest BCUT2D eigenvalue weighted by atomic mass is 16.5. The van der Waals surface area contributed by atoms with E-state index in [1.807, 2.05) is 13.8 Å². The van der Waals surface area contributed by atoms with Crippen LogP contribution in [0.5, 0.6) is 11.8 Å². The number of ether oxygens (including phenoxy) is 2. The molecule has 0 saturated heterocycles. The van der Waals surface area contributed by atoms with Crippen molar-refractivity contribution in [2.24, 2.45) is 0 Å². The van der Waals surface area contributed by atoms with Gasteiger partial charge in [-0.05, 0) is 5.92 Å². The number of imidazole rings is 1. The lowest BCUT2D eigenvalue weighted by Crippen LogP contribution is -2.08. The van der Waals surface area contributed by atoms with Gasteiger partial charge in [0.2, 0.25) is 17.5 Å². The summed E-state index contributed by atoms with van der Waals surface area (Å²) in [7, 11) is 2.93. The zero-order valence-electron chi connectivity index (χ0n) is 11.2. The quantitative estimate of drug-likeness (QED) is 0.903. The number of rotatable bonds is 4. The van der Waals surface area contributed by atoms with E-state index in [2.05, 4.69) is 9.97 Å². The number of hydrogen-bond acceptors (Lipinski definition) is 5. The van der Waals surface area contributed by atoms with Crippen LogP contribution in [0.2, 0.25) is 0 Å². The van der Waals surface area contributed by atoms with Crippen LogP contribution in [-0.4, -0.2) is 39.7 Å². The van der Waals surface area contributed by atoms with E-state index in [1.54, 1.807) is 0 Å². The third-order valence-electron chi connectivity index (χ3n) is 2.73. The van der Waals surface area contributed by atoms with Gasteiger partial charge in [-0.2, -0.15) is 4.98 Å². The van der Waals surface area contributed by atoms with E-state index in [0.29, 0.717) is 17.5 Å². The third-order valence-corrected chi connectivity index (χ3v) is 2.73. The van der Waals surface area contributed by atoms with Crippen molar-refractivity contribution in [2.45, 2.75) is 19.8 Å². The van der Waals surface area contributed by atoms with Gasteiger partial charge in [-0.25, -0.2) is 14.2 Å². The summed E-state index contributed by atoms with van der Waals surface area (Å²) in [5, 5.41) is 9.37. The van der Waals surface area contributed by atoms with Crippen molar-refractivity contribution in [3.63, 3.8) is 0 Å². The summed E-state index contributed by atoms with van der Waals surface area (Å²) < 4.78 is 11.6. The van der Waals surface area contributed by atoms with Gasteiger partial charge in [0.25, 0.3) is 0 Å². The number of hydrogen-bond donors (Lipinski definition) is 1. The molecule has 0 unspecified atom stereocenters. The van der Waals surface area contributed by atoms with Crippen molar-refractivity contribution in [2.75, 3.05) is 14.2 Å². The SMILES string of the molecule is COc1cc(OC)n2c(C(=O)O)c(C(C)C)nc2n1. The summed E-state index contributed by atoms with van der Waals surface area (Å²) in [4.78, 5) is 19.8. The standard InChI is InChI=1S/C12H15N3O4/c1-6(2)9-10(11(16)17)15-8(19-4)5-7(18-3)13-12(15)14-9/h5-6H,1-4H3,(H,16,17). The molecule has 2 aromatic heterocycles. The molecule has 1 N–H and O–H groups in total. The maximum absolute atomic E-state index is 11.4. The molecule has 2 aromatic rings. The topological polar surface area (TPSA) is 86.0 Å². The second kappa shape index (κ2) is 4.75. The van der Waals surface area contributed by atoms with Crippen LogP contribution in [0.4, 0.5) is 0 Å². The van der Waals surface area contributed by atoms with Gasteiger partial charge in [0, 0.05) is 0 Å². The second-order valence-electron chi connectivity index (χ2n) is 4.28. The minimum Gasteiger partial charge on any atom is -0.482 e. The number of nitrogens with zero attached hydrogens (tertiary/aromatic N) is 3. The molecule has 0 aliphatic heterocycles. The Balaban J connectivity index is 2.87. The van der Waals surface area contributed by atoms with E-state index in [4.69, 9.17) is 9.47 Å². The lowest BCUT2D eigenvalue weighted by molar-refractivity contribution is 0.0686. The Bertz CT molecular complexity index is 633. The molecule has 0 amide bonds. The van der Waals surface area contributed by atoms with Gasteiger partial charge in [0.05, 0.1) is 26.0 Å². The van der Waals surface area contributed by atoms with Crippen LogP contribution < -0.4 is 9.47 Å². The number of methoxy groups -OCH3 is 2. The van der Waals surface area contributed by atoms with Crippen molar-refractivity contribution < 1.29 is 19.4 Å². The summed E-state index contributed by atoms with van der Waals surface area (Å²) in [5.74, 6) is -0.220. The molecule has 0 saturated carbocycles. The van der Waals surface area contributed by atoms with Crippen LogP contribution in [0.25, 0.3) is 5.78 Å². The number of aromatic nitrogens is 3. The molecule has 0 fully saturated rings. The molecular formula is C12H15N3O4. The minimum atomic E-state index is -1.07. The number of carbonyl (C=O) groups is 1. The van der Waals surface area contributed by atoms with Gasteiger partial charge >= 0.3 is 5.97 Å². The average Bonchev–Trinajstić information content (AvgIpc) is 2.76. The van der Waals surface area contributed by atoms with E-state index < -0.39 is 5.97 Å². The largest absolute Gasteiger partial charge is 0.482 e. The summed E-state index contributed by atoms with van der Waals surface area (Å²) in [6.45, 7) is 3.75. The average molecular weight is 265 g/mol. The van der Waals surface area contributed by atoms with Crippen LogP contribution in [0, 0.1) is 0 Å². The summed E-state index contributed by atoms with van der Waals surface area (Å²) in [5.41, 5.74) is 0.531. The van der Waals surface area contributed by atoms with Crippen LogP contribution in [0.1, 0.15) is 35.9 Å². The molecule has 0 spiro atoms. The predicted octanol–water partition coefficient (Wildman–Crippen LogP) is 1.57. The Hall–Kier alpha value is -2.31. The van der Waals surface area contributed by atoms with Gasteiger partial charge in [-0.1, -0.05) is 13.8 Å². The predicted molar refractivity (Wildman–Crippen MR) is 67.1 cm³/mol. The highest BCUT2D eigenvalue weighted by molar-refractivity contribution is 5.88. The molecular weight excluding hydrogens is 250 g/mol. The summed E-state index contributed by atoms with van der Waals surface area (Å²) in [6.07, 6.45) is 0. The molecule has 0 bridgehead atoms. The number of aromatic carboxylic acids is 1. The van der Waals surface area contributed by atoms with Crippen LogP contribution in [-0.2, 0) is 0 Å². The van der Waals surface area contributed by atoms with E-state index in [1.165, 1.54) is 24.7 Å². The summed E-state index contributed by atoms with van der Waals surface area (Å²) in [6, 6.07) is 1.52. The zero-order valence-corrected chi connectivity index (χ0v) is 11.2. The van der Waals surface area contributed by atoms with E-state index in [0.717, 1.165) is 0 Å². The van der Waals surface area contributed by atoms with E-state index >= 15 is 0 Å². The van der Waals surface area contributed by atoms with E-state index in [-0.39, 0.29) is 17.4 Å². The molecule has 102 valence electrons. The fourth-order valence-electron chi connectivity index (χ4n) is 1.87. The van der Waals surface area contributed by atoms with Crippen LogP contribution in [0.3, 0.4) is 0 Å². The molecule has 2 rings (SSSR count).